The van der Waals surface area contributed by atoms with Gasteiger partial charge in [0.05, 0.1) is 23.6 Å². The highest BCUT2D eigenvalue weighted by atomic mass is 35.5. The van der Waals surface area contributed by atoms with Crippen molar-refractivity contribution in [3.8, 4) is 11.5 Å². The van der Waals surface area contributed by atoms with Gasteiger partial charge in [0.2, 0.25) is 15.9 Å². The molecule has 2 aromatic carbocycles. The molecule has 0 saturated heterocycles. The first-order valence-electron chi connectivity index (χ1n) is 9.44. The fourth-order valence-corrected chi connectivity index (χ4v) is 4.38. The van der Waals surface area contributed by atoms with Crippen molar-refractivity contribution in [1.29, 1.82) is 0 Å². The van der Waals surface area contributed by atoms with Crippen LogP contribution in [0.4, 0.5) is 5.69 Å². The topological polar surface area (TPSA) is 93.7 Å². The maximum atomic E-state index is 12.3. The number of ether oxygens (including phenoxy) is 2. The fraction of sp³-hybridized carbons (Fsp3) is 0.286. The van der Waals surface area contributed by atoms with Crippen molar-refractivity contribution in [2.45, 2.75) is 30.7 Å². The molecule has 1 aliphatic carbocycles. The van der Waals surface area contributed by atoms with Gasteiger partial charge in [0.1, 0.15) is 0 Å². The van der Waals surface area contributed by atoms with Crippen LogP contribution >= 0.6 is 11.6 Å². The van der Waals surface area contributed by atoms with Gasteiger partial charge in [-0.2, -0.15) is 0 Å². The van der Waals surface area contributed by atoms with E-state index in [1.165, 1.54) is 25.3 Å². The quantitative estimate of drug-likeness (QED) is 0.566. The van der Waals surface area contributed by atoms with Crippen LogP contribution in [0.3, 0.4) is 0 Å². The van der Waals surface area contributed by atoms with Crippen LogP contribution in [0, 0.1) is 0 Å². The molecule has 1 amide bonds. The first-order chi connectivity index (χ1) is 14.3. The van der Waals surface area contributed by atoms with Crippen LogP contribution in [0.2, 0.25) is 5.02 Å². The molecule has 3 rings (SSSR count). The van der Waals surface area contributed by atoms with Gasteiger partial charge in [-0.1, -0.05) is 17.7 Å². The number of carbonyl (C=O) groups excluding carboxylic acids is 1. The van der Waals surface area contributed by atoms with Crippen LogP contribution < -0.4 is 19.5 Å². The van der Waals surface area contributed by atoms with Crippen LogP contribution in [0.15, 0.2) is 47.4 Å². The van der Waals surface area contributed by atoms with Crippen LogP contribution in [-0.4, -0.2) is 34.1 Å². The summed E-state index contributed by atoms with van der Waals surface area (Å²) in [5.74, 6) is 0.496. The summed E-state index contributed by atoms with van der Waals surface area (Å²) in [4.78, 5) is 12.4. The zero-order valence-corrected chi connectivity index (χ0v) is 18.2. The third-order valence-corrected chi connectivity index (χ3v) is 6.07. The maximum Gasteiger partial charge on any atom is 0.248 e. The SMILES string of the molecule is CCOc1cc(/C=C/C(=O)Nc2cccc(S(=O)(=O)NC3CC3)c2)cc(Cl)c1OC. The van der Waals surface area contributed by atoms with Gasteiger partial charge < -0.3 is 14.8 Å². The third kappa shape index (κ3) is 5.75. The summed E-state index contributed by atoms with van der Waals surface area (Å²) in [6.45, 7) is 2.28. The van der Waals surface area contributed by atoms with Crippen molar-refractivity contribution < 1.29 is 22.7 Å². The second kappa shape index (κ2) is 9.51. The molecule has 0 bridgehead atoms. The maximum absolute atomic E-state index is 12.3. The van der Waals surface area contributed by atoms with Gasteiger partial charge in [-0.25, -0.2) is 13.1 Å². The van der Waals surface area contributed by atoms with Crippen LogP contribution in [0.1, 0.15) is 25.3 Å². The lowest BCUT2D eigenvalue weighted by Crippen LogP contribution is -2.25. The Balaban J connectivity index is 1.71. The summed E-state index contributed by atoms with van der Waals surface area (Å²) in [5.41, 5.74) is 1.04. The highest BCUT2D eigenvalue weighted by molar-refractivity contribution is 7.89. The molecular weight excluding hydrogens is 428 g/mol. The molecule has 1 aliphatic rings. The molecule has 7 nitrogen and oxygen atoms in total. The number of amides is 1. The Morgan fingerprint density at radius 3 is 2.70 bits per heavy atom. The van der Waals surface area contributed by atoms with E-state index in [1.807, 2.05) is 6.92 Å². The molecule has 0 aliphatic heterocycles. The Kier molecular flexibility index (Phi) is 7.02. The monoisotopic (exact) mass is 450 g/mol. The molecule has 0 aromatic heterocycles. The standard InChI is InChI=1S/C21H23ClN2O5S/c1-3-29-19-12-14(11-18(22)21(19)28-2)7-10-20(25)23-16-5-4-6-17(13-16)30(26,27)24-15-8-9-15/h4-7,10-13,15,24H,3,8-9H2,1-2H3,(H,23,25)/b10-7+. The highest BCUT2D eigenvalue weighted by Gasteiger charge is 2.28. The Bertz CT molecular complexity index is 1070. The number of rotatable bonds is 9. The van der Waals surface area contributed by atoms with Crippen LogP contribution in [0.5, 0.6) is 11.5 Å². The highest BCUT2D eigenvalue weighted by Crippen LogP contribution is 2.36. The number of carbonyl (C=O) groups is 1. The number of halogens is 1. The molecule has 9 heteroatoms. The first kappa shape index (κ1) is 22.1. The third-order valence-electron chi connectivity index (χ3n) is 4.27. The Morgan fingerprint density at radius 2 is 2.03 bits per heavy atom. The van der Waals surface area contributed by atoms with E-state index in [2.05, 4.69) is 10.0 Å². The minimum Gasteiger partial charge on any atom is -0.491 e. The molecule has 160 valence electrons. The molecule has 0 atom stereocenters. The number of hydrogen-bond donors (Lipinski definition) is 2. The average molecular weight is 451 g/mol. The van der Waals surface area contributed by atoms with Crippen molar-refractivity contribution in [1.82, 2.24) is 4.72 Å². The summed E-state index contributed by atoms with van der Waals surface area (Å²) < 4.78 is 38.0. The van der Waals surface area contributed by atoms with Gasteiger partial charge in [0, 0.05) is 17.8 Å². The molecule has 1 fully saturated rings. The molecule has 2 aromatic rings. The van der Waals surface area contributed by atoms with Gasteiger partial charge in [-0.05, 0) is 61.7 Å². The fourth-order valence-electron chi connectivity index (χ4n) is 2.73. The number of hydrogen-bond acceptors (Lipinski definition) is 5. The predicted molar refractivity (Wildman–Crippen MR) is 117 cm³/mol. The van der Waals surface area contributed by atoms with Crippen molar-refractivity contribution in [2.24, 2.45) is 0 Å². The van der Waals surface area contributed by atoms with E-state index in [0.29, 0.717) is 34.4 Å². The minimum absolute atomic E-state index is 0.00841. The second-order valence-electron chi connectivity index (χ2n) is 6.71. The minimum atomic E-state index is -3.59. The lowest BCUT2D eigenvalue weighted by Gasteiger charge is -2.11. The van der Waals surface area contributed by atoms with E-state index in [-0.39, 0.29) is 10.9 Å². The number of benzene rings is 2. The van der Waals surface area contributed by atoms with E-state index >= 15 is 0 Å². The van der Waals surface area contributed by atoms with Crippen molar-refractivity contribution >= 4 is 39.3 Å². The van der Waals surface area contributed by atoms with E-state index in [9.17, 15) is 13.2 Å². The lowest BCUT2D eigenvalue weighted by molar-refractivity contribution is -0.111. The summed E-state index contributed by atoms with van der Waals surface area (Å²) in [6, 6.07) is 9.50. The van der Waals surface area contributed by atoms with Crippen molar-refractivity contribution in [3.05, 3.63) is 53.1 Å². The number of anilines is 1. The average Bonchev–Trinajstić information content (AvgIpc) is 3.50. The van der Waals surface area contributed by atoms with Crippen LogP contribution in [-0.2, 0) is 14.8 Å². The number of methoxy groups -OCH3 is 1. The van der Waals surface area contributed by atoms with Crippen molar-refractivity contribution in [3.63, 3.8) is 0 Å². The van der Waals surface area contributed by atoms with Gasteiger partial charge in [0.25, 0.3) is 0 Å². The first-order valence-corrected chi connectivity index (χ1v) is 11.3. The van der Waals surface area contributed by atoms with E-state index in [0.717, 1.165) is 12.8 Å². The second-order valence-corrected chi connectivity index (χ2v) is 8.83. The molecule has 0 unspecified atom stereocenters. The zero-order chi connectivity index (χ0) is 21.7. The molecule has 0 radical (unpaired) electrons. The summed E-state index contributed by atoms with van der Waals surface area (Å²) in [7, 11) is -2.09. The zero-order valence-electron chi connectivity index (χ0n) is 16.6. The normalized spacial score (nSPS) is 14.0. The molecule has 30 heavy (non-hydrogen) atoms. The van der Waals surface area contributed by atoms with E-state index in [4.69, 9.17) is 21.1 Å². The van der Waals surface area contributed by atoms with Crippen LogP contribution in [0.25, 0.3) is 6.08 Å². The molecule has 0 heterocycles. The summed E-state index contributed by atoms with van der Waals surface area (Å²) in [6.07, 6.45) is 4.61. The van der Waals surface area contributed by atoms with Gasteiger partial charge in [-0.15, -0.1) is 0 Å². The predicted octanol–water partition coefficient (Wildman–Crippen LogP) is 3.84. The Hall–Kier alpha value is -2.55. The molecule has 0 spiro atoms. The number of sulfonamides is 1. The van der Waals surface area contributed by atoms with E-state index in [1.54, 1.807) is 30.3 Å². The summed E-state index contributed by atoms with van der Waals surface area (Å²) in [5, 5.41) is 3.03. The Labute approximate surface area is 181 Å². The lowest BCUT2D eigenvalue weighted by atomic mass is 10.2. The smallest absolute Gasteiger partial charge is 0.248 e. The molecule has 1 saturated carbocycles. The van der Waals surface area contributed by atoms with Gasteiger partial charge >= 0.3 is 0 Å². The van der Waals surface area contributed by atoms with Gasteiger partial charge in [-0.3, -0.25) is 4.79 Å². The molecular formula is C21H23ClN2O5S. The molecule has 2 N–H and O–H groups in total. The Morgan fingerprint density at radius 1 is 1.27 bits per heavy atom. The number of nitrogens with one attached hydrogen (secondary N) is 2. The largest absolute Gasteiger partial charge is 0.491 e. The van der Waals surface area contributed by atoms with Gasteiger partial charge in [0.15, 0.2) is 11.5 Å². The summed E-state index contributed by atoms with van der Waals surface area (Å²) >= 11 is 6.21. The van der Waals surface area contributed by atoms with E-state index < -0.39 is 15.9 Å². The van der Waals surface area contributed by atoms with Crippen molar-refractivity contribution in [2.75, 3.05) is 19.0 Å².